The van der Waals surface area contributed by atoms with Gasteiger partial charge in [-0.05, 0) is 25.8 Å². The van der Waals surface area contributed by atoms with E-state index in [-0.39, 0.29) is 24.4 Å². The summed E-state index contributed by atoms with van der Waals surface area (Å²) in [6, 6.07) is -0.179. The molecule has 2 radical (unpaired) electrons. The van der Waals surface area contributed by atoms with Crippen molar-refractivity contribution in [3.8, 4) is 0 Å². The van der Waals surface area contributed by atoms with Crippen molar-refractivity contribution in [1.29, 1.82) is 0 Å². The van der Waals surface area contributed by atoms with E-state index in [1.54, 1.807) is 4.90 Å². The maximum Gasteiger partial charge on any atom is 0.325 e. The Balaban J connectivity index is 2.06. The molecular weight excluding hydrogens is 257 g/mol. The van der Waals surface area contributed by atoms with Gasteiger partial charge in [-0.2, -0.15) is 0 Å². The van der Waals surface area contributed by atoms with Crippen LogP contribution in [0.3, 0.4) is 0 Å². The number of carboxylic acid groups (broad SMARTS) is 1. The van der Waals surface area contributed by atoms with Crippen molar-refractivity contribution in [3.05, 3.63) is 0 Å². The second kappa shape index (κ2) is 6.14. The number of carbonyl (C=O) groups excluding carboxylic acids is 1. The Morgan fingerprint density at radius 2 is 2.25 bits per heavy atom. The fraction of sp³-hybridized carbons (Fsp3) is 0.846. The maximum absolute atomic E-state index is 12.4. The predicted molar refractivity (Wildman–Crippen MR) is 75.4 cm³/mol. The second-order valence-electron chi connectivity index (χ2n) is 5.84. The van der Waals surface area contributed by atoms with Gasteiger partial charge in [0.05, 0.1) is 13.9 Å². The van der Waals surface area contributed by atoms with Gasteiger partial charge in [0.15, 0.2) is 0 Å². The molecule has 110 valence electrons. The van der Waals surface area contributed by atoms with Gasteiger partial charge in [-0.15, -0.1) is 0 Å². The summed E-state index contributed by atoms with van der Waals surface area (Å²) in [6.45, 7) is 1.35. The number of rotatable bonds is 5. The maximum atomic E-state index is 12.4. The van der Waals surface area contributed by atoms with E-state index in [0.29, 0.717) is 19.3 Å². The zero-order valence-electron chi connectivity index (χ0n) is 11.7. The number of likely N-dealkylation sites (tertiary alicyclic amines) is 1. The van der Waals surface area contributed by atoms with Gasteiger partial charge in [-0.1, -0.05) is 12.7 Å². The standard InChI is InChI=1S/C13H22BN3O3/c14-5-1-3-9-7-17(8-13(9,15)12(19)20)11(18)10-4-2-6-16-10/h9-10,16H,1-8,15H2,(H,19,20)/t9-,10-,13-/m0/s1. The third kappa shape index (κ3) is 2.83. The lowest BCUT2D eigenvalue weighted by Crippen LogP contribution is -2.55. The molecule has 0 saturated carbocycles. The largest absolute Gasteiger partial charge is 0.480 e. The molecular formula is C13H22BN3O3. The molecule has 0 bridgehead atoms. The van der Waals surface area contributed by atoms with Crippen LogP contribution >= 0.6 is 0 Å². The van der Waals surface area contributed by atoms with Crippen molar-refractivity contribution in [2.75, 3.05) is 19.6 Å². The number of amides is 1. The molecule has 2 rings (SSSR count). The SMILES string of the molecule is [B]CCC[C@H]1CN(C(=O)[C@@H]2CCCN2)C[C@@]1(N)C(=O)O. The molecule has 0 aromatic heterocycles. The van der Waals surface area contributed by atoms with E-state index in [1.165, 1.54) is 0 Å². The average Bonchev–Trinajstić information content (AvgIpc) is 3.04. The van der Waals surface area contributed by atoms with E-state index >= 15 is 0 Å². The minimum Gasteiger partial charge on any atom is -0.480 e. The number of hydrogen-bond donors (Lipinski definition) is 3. The fourth-order valence-corrected chi connectivity index (χ4v) is 3.18. The van der Waals surface area contributed by atoms with Crippen molar-refractivity contribution in [2.24, 2.45) is 11.7 Å². The Labute approximate surface area is 120 Å². The Kier molecular flexibility index (Phi) is 4.70. The highest BCUT2D eigenvalue weighted by atomic mass is 16.4. The van der Waals surface area contributed by atoms with E-state index in [4.69, 9.17) is 13.6 Å². The summed E-state index contributed by atoms with van der Waals surface area (Å²) >= 11 is 0. The van der Waals surface area contributed by atoms with E-state index < -0.39 is 11.5 Å². The molecule has 2 aliphatic heterocycles. The second-order valence-corrected chi connectivity index (χ2v) is 5.84. The highest BCUT2D eigenvalue weighted by Crippen LogP contribution is 2.31. The first-order chi connectivity index (χ1) is 9.49. The van der Waals surface area contributed by atoms with Crippen LogP contribution in [-0.4, -0.2) is 60.9 Å². The van der Waals surface area contributed by atoms with E-state index in [2.05, 4.69) is 5.32 Å². The molecule has 4 N–H and O–H groups in total. The number of hydrogen-bond acceptors (Lipinski definition) is 4. The number of aliphatic carboxylic acids is 1. The van der Waals surface area contributed by atoms with Crippen LogP contribution in [0, 0.1) is 5.92 Å². The van der Waals surface area contributed by atoms with E-state index in [1.807, 2.05) is 0 Å². The molecule has 2 aliphatic rings. The van der Waals surface area contributed by atoms with Crippen LogP contribution in [0.4, 0.5) is 0 Å². The lowest BCUT2D eigenvalue weighted by molar-refractivity contribution is -0.144. The summed E-state index contributed by atoms with van der Waals surface area (Å²) in [5.41, 5.74) is 4.72. The third-order valence-electron chi connectivity index (χ3n) is 4.45. The van der Waals surface area contributed by atoms with Crippen molar-refractivity contribution < 1.29 is 14.7 Å². The van der Waals surface area contributed by atoms with Gasteiger partial charge in [0.1, 0.15) is 5.54 Å². The molecule has 0 spiro atoms. The zero-order chi connectivity index (χ0) is 14.8. The summed E-state index contributed by atoms with van der Waals surface area (Å²) in [7, 11) is 5.49. The van der Waals surface area contributed by atoms with Crippen LogP contribution in [0.25, 0.3) is 0 Å². The first-order valence-electron chi connectivity index (χ1n) is 7.23. The van der Waals surface area contributed by atoms with Crippen LogP contribution in [-0.2, 0) is 9.59 Å². The fourth-order valence-electron chi connectivity index (χ4n) is 3.18. The Morgan fingerprint density at radius 3 is 2.80 bits per heavy atom. The van der Waals surface area contributed by atoms with Crippen LogP contribution in [0.15, 0.2) is 0 Å². The monoisotopic (exact) mass is 279 g/mol. The van der Waals surface area contributed by atoms with Gasteiger partial charge in [0.2, 0.25) is 5.91 Å². The van der Waals surface area contributed by atoms with Crippen molar-refractivity contribution in [1.82, 2.24) is 10.2 Å². The molecule has 6 nitrogen and oxygen atoms in total. The molecule has 3 atom stereocenters. The average molecular weight is 279 g/mol. The first-order valence-corrected chi connectivity index (χ1v) is 7.23. The van der Waals surface area contributed by atoms with Crippen LogP contribution in [0.1, 0.15) is 25.7 Å². The summed E-state index contributed by atoms with van der Waals surface area (Å²) in [5.74, 6) is -1.28. The van der Waals surface area contributed by atoms with E-state index in [0.717, 1.165) is 25.8 Å². The summed E-state index contributed by atoms with van der Waals surface area (Å²) in [6.07, 6.45) is 3.66. The van der Waals surface area contributed by atoms with Gasteiger partial charge >= 0.3 is 5.97 Å². The molecule has 0 aromatic carbocycles. The molecule has 2 saturated heterocycles. The quantitative estimate of drug-likeness (QED) is 0.581. The van der Waals surface area contributed by atoms with Crippen LogP contribution < -0.4 is 11.1 Å². The lowest BCUT2D eigenvalue weighted by Gasteiger charge is -2.25. The highest BCUT2D eigenvalue weighted by molar-refractivity contribution is 6.08. The Morgan fingerprint density at radius 1 is 1.50 bits per heavy atom. The third-order valence-corrected chi connectivity index (χ3v) is 4.45. The summed E-state index contributed by atoms with van der Waals surface area (Å²) in [5, 5.41) is 12.5. The predicted octanol–water partition coefficient (Wildman–Crippen LogP) is -0.654. The number of nitrogens with two attached hydrogens (primary N) is 1. The topological polar surface area (TPSA) is 95.7 Å². The van der Waals surface area contributed by atoms with Crippen molar-refractivity contribution in [2.45, 2.75) is 43.6 Å². The normalized spacial score (nSPS) is 33.5. The first kappa shape index (κ1) is 15.3. The summed E-state index contributed by atoms with van der Waals surface area (Å²) in [4.78, 5) is 25.5. The minimum absolute atomic E-state index is 0.0196. The molecule has 1 amide bonds. The molecule has 7 heteroatoms. The molecule has 2 fully saturated rings. The minimum atomic E-state index is -1.34. The zero-order valence-corrected chi connectivity index (χ0v) is 11.7. The van der Waals surface area contributed by atoms with Gasteiger partial charge in [-0.25, -0.2) is 0 Å². The van der Waals surface area contributed by atoms with Crippen molar-refractivity contribution >= 4 is 19.7 Å². The Bertz CT molecular complexity index is 387. The molecule has 0 aromatic rings. The molecule has 0 aliphatic carbocycles. The molecule has 2 heterocycles. The molecule has 0 unspecified atom stereocenters. The highest BCUT2D eigenvalue weighted by Gasteiger charge is 2.51. The number of nitrogens with zero attached hydrogens (tertiary/aromatic N) is 1. The van der Waals surface area contributed by atoms with Gasteiger partial charge in [-0.3, -0.25) is 9.59 Å². The molecule has 20 heavy (non-hydrogen) atoms. The summed E-state index contributed by atoms with van der Waals surface area (Å²) < 4.78 is 0. The smallest absolute Gasteiger partial charge is 0.325 e. The van der Waals surface area contributed by atoms with Crippen LogP contribution in [0.5, 0.6) is 0 Å². The van der Waals surface area contributed by atoms with Crippen LogP contribution in [0.2, 0.25) is 6.32 Å². The van der Waals surface area contributed by atoms with E-state index in [9.17, 15) is 14.7 Å². The van der Waals surface area contributed by atoms with Gasteiger partial charge in [0.25, 0.3) is 0 Å². The Hall–Kier alpha value is -1.08. The van der Waals surface area contributed by atoms with Gasteiger partial charge in [0, 0.05) is 19.0 Å². The lowest BCUT2D eigenvalue weighted by atomic mass is 9.83. The van der Waals surface area contributed by atoms with Crippen molar-refractivity contribution in [3.63, 3.8) is 0 Å². The van der Waals surface area contributed by atoms with Gasteiger partial charge < -0.3 is 21.1 Å². The number of carboxylic acids is 1. The number of nitrogens with one attached hydrogen (secondary N) is 1. The number of carbonyl (C=O) groups is 2.